The molecule has 3 unspecified atom stereocenters. The summed E-state index contributed by atoms with van der Waals surface area (Å²) in [4.78, 5) is 44.9. The van der Waals surface area contributed by atoms with Gasteiger partial charge in [0.2, 0.25) is 5.91 Å². The van der Waals surface area contributed by atoms with Crippen LogP contribution < -0.4 is 4.90 Å². The largest absolute Gasteiger partial charge is 0.465 e. The number of β-amino-alcohol motifs (C(OH)–C–C–N with tert-alkyl or cyclic N) is 1. The highest BCUT2D eigenvalue weighted by Gasteiger charge is 2.76. The molecule has 3 saturated heterocycles. The Morgan fingerprint density at radius 2 is 2.05 bits per heavy atom. The molecule has 1 spiro atoms. The Bertz CT molecular complexity index is 1110. The van der Waals surface area contributed by atoms with E-state index in [0.29, 0.717) is 13.0 Å². The zero-order chi connectivity index (χ0) is 27.6. The van der Waals surface area contributed by atoms with Crippen molar-refractivity contribution < 1.29 is 24.2 Å². The number of hydrogen-bond donors (Lipinski definition) is 1. The number of aliphatic hydroxyl groups excluding tert-OH is 1. The van der Waals surface area contributed by atoms with Crippen LogP contribution in [0.4, 0.5) is 5.69 Å². The highest BCUT2D eigenvalue weighted by Crippen LogP contribution is 2.68. The summed E-state index contributed by atoms with van der Waals surface area (Å²) in [7, 11) is 0. The maximum atomic E-state index is 14.5. The number of aliphatic hydroxyl groups is 1. The number of esters is 1. The third kappa shape index (κ3) is 4.97. The molecule has 3 aliphatic rings. The monoisotopic (exact) mass is 604 g/mol. The molecule has 2 bridgehead atoms. The summed E-state index contributed by atoms with van der Waals surface area (Å²) in [6.45, 7) is 11.9. The first-order valence-electron chi connectivity index (χ1n) is 13.2. The van der Waals surface area contributed by atoms with Crippen LogP contribution in [0.5, 0.6) is 0 Å². The molecule has 38 heavy (non-hydrogen) atoms. The van der Waals surface area contributed by atoms with Crippen LogP contribution in [0.2, 0.25) is 0 Å². The van der Waals surface area contributed by atoms with E-state index in [9.17, 15) is 19.5 Å². The van der Waals surface area contributed by atoms with Crippen LogP contribution in [0, 0.1) is 25.7 Å². The van der Waals surface area contributed by atoms with Crippen molar-refractivity contribution in [2.75, 3.05) is 31.2 Å². The Hall–Kier alpha value is -2.10. The quantitative estimate of drug-likeness (QED) is 0.167. The van der Waals surface area contributed by atoms with Gasteiger partial charge in [0, 0.05) is 28.9 Å². The number of amides is 2. The first-order valence-corrected chi connectivity index (χ1v) is 15.0. The summed E-state index contributed by atoms with van der Waals surface area (Å²) < 4.78 is 4.88. The number of ether oxygens (including phenoxy) is 1. The number of hydrogen-bond acceptors (Lipinski definition) is 6. The summed E-state index contributed by atoms with van der Waals surface area (Å²) in [6.07, 6.45) is 6.56. The molecule has 0 radical (unpaired) electrons. The summed E-state index contributed by atoms with van der Waals surface area (Å²) in [5, 5.41) is 9.72. The zero-order valence-corrected chi connectivity index (χ0v) is 24.5. The van der Waals surface area contributed by atoms with E-state index in [1.165, 1.54) is 4.90 Å². The van der Waals surface area contributed by atoms with E-state index in [2.05, 4.69) is 29.1 Å². The second-order valence-corrected chi connectivity index (χ2v) is 13.1. The smallest absolute Gasteiger partial charge is 0.310 e. The second kappa shape index (κ2) is 12.0. The van der Waals surface area contributed by atoms with Gasteiger partial charge in [0.1, 0.15) is 6.04 Å². The normalized spacial score (nSPS) is 29.3. The maximum Gasteiger partial charge on any atom is 0.310 e. The van der Waals surface area contributed by atoms with Gasteiger partial charge in [-0.05, 0) is 56.7 Å². The third-order valence-corrected chi connectivity index (χ3v) is 11.1. The van der Waals surface area contributed by atoms with Crippen LogP contribution in [-0.4, -0.2) is 75.0 Å². The predicted molar refractivity (Wildman–Crippen MR) is 154 cm³/mol. The lowest BCUT2D eigenvalue weighted by atomic mass is 9.71. The van der Waals surface area contributed by atoms with Gasteiger partial charge in [0.25, 0.3) is 5.91 Å². The van der Waals surface area contributed by atoms with Gasteiger partial charge in [-0.3, -0.25) is 14.4 Å². The molecule has 7 nitrogen and oxygen atoms in total. The lowest BCUT2D eigenvalue weighted by Crippen LogP contribution is -2.56. The lowest BCUT2D eigenvalue weighted by molar-refractivity contribution is -0.154. The van der Waals surface area contributed by atoms with E-state index in [4.69, 9.17) is 4.74 Å². The number of benzene rings is 1. The van der Waals surface area contributed by atoms with Crippen LogP contribution in [0.1, 0.15) is 36.8 Å². The van der Waals surface area contributed by atoms with Crippen molar-refractivity contribution in [3.8, 4) is 0 Å². The van der Waals surface area contributed by atoms with Crippen LogP contribution in [0.25, 0.3) is 0 Å². The van der Waals surface area contributed by atoms with Gasteiger partial charge in [0.15, 0.2) is 0 Å². The number of anilines is 1. The van der Waals surface area contributed by atoms with Crippen molar-refractivity contribution in [1.29, 1.82) is 0 Å². The molecule has 4 rings (SSSR count). The van der Waals surface area contributed by atoms with Gasteiger partial charge < -0.3 is 19.6 Å². The van der Waals surface area contributed by atoms with Gasteiger partial charge in [-0.15, -0.1) is 24.9 Å². The minimum atomic E-state index is -0.813. The number of thioether (sulfide) groups is 1. The van der Waals surface area contributed by atoms with Crippen LogP contribution in [0.3, 0.4) is 0 Å². The topological polar surface area (TPSA) is 87.2 Å². The van der Waals surface area contributed by atoms with Crippen molar-refractivity contribution in [1.82, 2.24) is 4.90 Å². The predicted octanol–water partition coefficient (Wildman–Crippen LogP) is 4.18. The Morgan fingerprint density at radius 3 is 2.74 bits per heavy atom. The number of fused-ring (bicyclic) bond motifs is 1. The molecule has 1 aromatic carbocycles. The fourth-order valence-electron chi connectivity index (χ4n) is 6.28. The molecule has 0 aromatic heterocycles. The SMILES string of the molecule is C=CCCCCOC(=O)[C@H]1[C@@H]2SC3(CC2Br)C(C(=O)N(CC=C)c2cc(C)ccc2C)N(CCO)C(=O)[C@H]13. The molecule has 3 aliphatic heterocycles. The van der Waals surface area contributed by atoms with Crippen molar-refractivity contribution in [2.24, 2.45) is 11.8 Å². The number of halogens is 1. The summed E-state index contributed by atoms with van der Waals surface area (Å²) in [5.74, 6) is -2.15. The average Bonchev–Trinajstić information content (AvgIpc) is 3.47. The molecular weight excluding hydrogens is 568 g/mol. The number of allylic oxidation sites excluding steroid dienone is 1. The molecule has 3 heterocycles. The second-order valence-electron chi connectivity index (χ2n) is 10.4. The summed E-state index contributed by atoms with van der Waals surface area (Å²) in [5.41, 5.74) is 2.73. The Labute approximate surface area is 237 Å². The minimum absolute atomic E-state index is 0.0315. The van der Waals surface area contributed by atoms with E-state index in [0.717, 1.165) is 36.1 Å². The molecule has 0 saturated carbocycles. The third-order valence-electron chi connectivity index (χ3n) is 7.92. The first-order chi connectivity index (χ1) is 18.2. The van der Waals surface area contributed by atoms with E-state index in [1.54, 1.807) is 22.7 Å². The van der Waals surface area contributed by atoms with E-state index in [-0.39, 0.29) is 47.6 Å². The molecular formula is C29H37BrN2O5S. The number of carbonyl (C=O) groups is 3. The summed E-state index contributed by atoms with van der Waals surface area (Å²) in [6, 6.07) is 5.13. The zero-order valence-electron chi connectivity index (χ0n) is 22.1. The van der Waals surface area contributed by atoms with E-state index >= 15 is 0 Å². The number of unbranched alkanes of at least 4 members (excludes halogenated alkanes) is 2. The number of carbonyl (C=O) groups excluding carboxylic acids is 3. The molecule has 1 N–H and O–H groups in total. The first kappa shape index (κ1) is 28.9. The van der Waals surface area contributed by atoms with E-state index < -0.39 is 22.6 Å². The standard InChI is InChI=1S/C29H37BrN2O5S/c1-5-7-8-9-15-37-28(36)22-23-26(34)32(13-14-33)25(29(23)17-20(30)24(22)38-29)27(35)31(12-6-2)21-16-18(3)10-11-19(21)4/h5-6,10-11,16,20,22-25,33H,1-2,7-9,12-15,17H2,3-4H3/t20?,22-,23+,24-,25?,29?/m1/s1. The molecule has 9 heteroatoms. The molecule has 3 fully saturated rings. The molecule has 6 atom stereocenters. The molecule has 1 aromatic rings. The fourth-order valence-corrected chi connectivity index (χ4v) is 9.87. The van der Waals surface area contributed by atoms with Crippen molar-refractivity contribution in [2.45, 2.75) is 60.4 Å². The van der Waals surface area contributed by atoms with Gasteiger partial charge in [-0.1, -0.05) is 40.2 Å². The number of nitrogens with zero attached hydrogens (tertiary/aromatic N) is 2. The molecule has 206 valence electrons. The maximum absolute atomic E-state index is 14.5. The van der Waals surface area contributed by atoms with Gasteiger partial charge in [0.05, 0.1) is 29.8 Å². The van der Waals surface area contributed by atoms with Crippen LogP contribution in [0.15, 0.2) is 43.5 Å². The highest BCUT2D eigenvalue weighted by molar-refractivity contribution is 9.09. The average molecular weight is 606 g/mol. The van der Waals surface area contributed by atoms with Gasteiger partial charge in [-0.25, -0.2) is 0 Å². The van der Waals surface area contributed by atoms with E-state index in [1.807, 2.05) is 38.1 Å². The lowest BCUT2D eigenvalue weighted by Gasteiger charge is -2.38. The highest BCUT2D eigenvalue weighted by atomic mass is 79.9. The number of likely N-dealkylation sites (tertiary alicyclic amines) is 1. The Morgan fingerprint density at radius 1 is 1.29 bits per heavy atom. The Balaban J connectivity index is 1.69. The van der Waals surface area contributed by atoms with Crippen LogP contribution >= 0.6 is 27.7 Å². The van der Waals surface area contributed by atoms with Crippen molar-refractivity contribution in [3.05, 3.63) is 54.6 Å². The fraction of sp³-hybridized carbons (Fsp3) is 0.552. The Kier molecular flexibility index (Phi) is 9.10. The number of aryl methyl sites for hydroxylation is 2. The molecule has 2 amide bonds. The van der Waals surface area contributed by atoms with Crippen molar-refractivity contribution in [3.63, 3.8) is 0 Å². The number of alkyl halides is 1. The number of rotatable bonds is 12. The van der Waals surface area contributed by atoms with Crippen LogP contribution in [-0.2, 0) is 19.1 Å². The molecule has 0 aliphatic carbocycles. The van der Waals surface area contributed by atoms with Gasteiger partial charge >= 0.3 is 5.97 Å². The van der Waals surface area contributed by atoms with Crippen molar-refractivity contribution >= 4 is 51.2 Å². The summed E-state index contributed by atoms with van der Waals surface area (Å²) >= 11 is 5.34. The van der Waals surface area contributed by atoms with Gasteiger partial charge in [-0.2, -0.15) is 0 Å². The minimum Gasteiger partial charge on any atom is -0.465 e.